The summed E-state index contributed by atoms with van der Waals surface area (Å²) in [6.07, 6.45) is 3.61. The molecule has 2 aliphatic rings. The molecule has 3 nitrogen and oxygen atoms in total. The molecule has 0 amide bonds. The maximum atomic E-state index is 5.42. The number of methoxy groups -OCH3 is 1. The molecule has 2 aromatic carbocycles. The van der Waals surface area contributed by atoms with Crippen LogP contribution >= 0.6 is 11.8 Å². The van der Waals surface area contributed by atoms with Crippen molar-refractivity contribution in [1.29, 1.82) is 0 Å². The van der Waals surface area contributed by atoms with E-state index in [1.54, 1.807) is 7.11 Å². The van der Waals surface area contributed by atoms with Crippen LogP contribution in [0.5, 0.6) is 5.75 Å². The molecule has 2 heterocycles. The lowest BCUT2D eigenvalue weighted by atomic mass is 10.0. The summed E-state index contributed by atoms with van der Waals surface area (Å²) < 4.78 is 5.42. The van der Waals surface area contributed by atoms with Crippen molar-refractivity contribution >= 4 is 17.4 Å². The summed E-state index contributed by atoms with van der Waals surface area (Å²) in [6, 6.07) is 16.1. The van der Waals surface area contributed by atoms with Crippen LogP contribution in [0, 0.1) is 0 Å². The van der Waals surface area contributed by atoms with Gasteiger partial charge >= 0.3 is 0 Å². The Labute approximate surface area is 154 Å². The van der Waals surface area contributed by atoms with E-state index in [1.807, 2.05) is 17.8 Å². The highest BCUT2D eigenvalue weighted by atomic mass is 32.2. The highest BCUT2D eigenvalue weighted by molar-refractivity contribution is 7.99. The zero-order valence-corrected chi connectivity index (χ0v) is 15.6. The maximum absolute atomic E-state index is 5.42. The first-order valence-corrected chi connectivity index (χ1v) is 10.2. The van der Waals surface area contributed by atoms with Crippen molar-refractivity contribution in [3.8, 4) is 5.75 Å². The number of rotatable bonds is 5. The number of hydrogen-bond acceptors (Lipinski definition) is 4. The van der Waals surface area contributed by atoms with Crippen molar-refractivity contribution < 1.29 is 4.74 Å². The van der Waals surface area contributed by atoms with E-state index in [1.165, 1.54) is 46.7 Å². The van der Waals surface area contributed by atoms with Gasteiger partial charge in [0.05, 0.1) is 7.11 Å². The molecule has 0 spiro atoms. The number of ether oxygens (including phenoxy) is 1. The molecule has 0 saturated carbocycles. The van der Waals surface area contributed by atoms with E-state index in [0.717, 1.165) is 25.4 Å². The Morgan fingerprint density at radius 1 is 1.16 bits per heavy atom. The fraction of sp³-hybridized carbons (Fsp3) is 0.429. The van der Waals surface area contributed by atoms with E-state index < -0.39 is 0 Å². The summed E-state index contributed by atoms with van der Waals surface area (Å²) >= 11 is 1.99. The lowest BCUT2D eigenvalue weighted by molar-refractivity contribution is 0.412. The van der Waals surface area contributed by atoms with Gasteiger partial charge in [0.2, 0.25) is 0 Å². The van der Waals surface area contributed by atoms with Crippen LogP contribution in [0.3, 0.4) is 0 Å². The predicted molar refractivity (Wildman–Crippen MR) is 106 cm³/mol. The lowest BCUT2D eigenvalue weighted by Gasteiger charge is -2.37. The van der Waals surface area contributed by atoms with Crippen LogP contribution in [0.1, 0.15) is 24.0 Å². The topological polar surface area (TPSA) is 24.5 Å². The Morgan fingerprint density at radius 2 is 2.04 bits per heavy atom. The van der Waals surface area contributed by atoms with Gasteiger partial charge in [0.15, 0.2) is 0 Å². The fourth-order valence-electron chi connectivity index (χ4n) is 3.87. The first kappa shape index (κ1) is 16.8. The Kier molecular flexibility index (Phi) is 5.18. The first-order chi connectivity index (χ1) is 12.3. The summed E-state index contributed by atoms with van der Waals surface area (Å²) in [6.45, 7) is 3.16. The minimum atomic E-state index is 0.597. The van der Waals surface area contributed by atoms with Gasteiger partial charge in [-0.1, -0.05) is 12.1 Å². The third kappa shape index (κ3) is 3.80. The summed E-state index contributed by atoms with van der Waals surface area (Å²) in [5.74, 6) is 2.16. The zero-order valence-electron chi connectivity index (χ0n) is 14.8. The predicted octanol–water partition coefficient (Wildman–Crippen LogP) is 4.10. The standard InChI is InChI=1S/C21H26N2OS/c1-24-20-4-2-3-16(13-20)15-23(18-7-10-22-11-8-18)19-5-6-21-17(14-19)9-12-25-21/h2-6,13-14,18,22H,7-12,15H2,1H3. The van der Waals surface area contributed by atoms with Crippen molar-refractivity contribution in [2.24, 2.45) is 0 Å². The normalized spacial score (nSPS) is 17.3. The minimum Gasteiger partial charge on any atom is -0.497 e. The summed E-state index contributed by atoms with van der Waals surface area (Å²) in [5, 5.41) is 3.49. The van der Waals surface area contributed by atoms with E-state index in [0.29, 0.717) is 6.04 Å². The van der Waals surface area contributed by atoms with Crippen molar-refractivity contribution in [1.82, 2.24) is 5.32 Å². The van der Waals surface area contributed by atoms with Gasteiger partial charge in [0, 0.05) is 28.9 Å². The number of piperidine rings is 1. The van der Waals surface area contributed by atoms with Crippen LogP contribution < -0.4 is 15.0 Å². The van der Waals surface area contributed by atoms with Crippen molar-refractivity contribution in [3.63, 3.8) is 0 Å². The Bertz CT molecular complexity index is 728. The molecule has 2 aliphatic heterocycles. The molecule has 0 aromatic heterocycles. The van der Waals surface area contributed by atoms with E-state index in [-0.39, 0.29) is 0 Å². The van der Waals surface area contributed by atoms with E-state index in [2.05, 4.69) is 46.6 Å². The highest BCUT2D eigenvalue weighted by Crippen LogP contribution is 2.35. The van der Waals surface area contributed by atoms with Gasteiger partial charge in [-0.2, -0.15) is 0 Å². The van der Waals surface area contributed by atoms with Crippen molar-refractivity contribution in [2.75, 3.05) is 30.9 Å². The molecule has 0 bridgehead atoms. The highest BCUT2D eigenvalue weighted by Gasteiger charge is 2.23. The number of fused-ring (bicyclic) bond motifs is 1. The Hall–Kier alpha value is -1.65. The van der Waals surface area contributed by atoms with Gasteiger partial charge < -0.3 is 15.0 Å². The molecule has 4 rings (SSSR count). The lowest BCUT2D eigenvalue weighted by Crippen LogP contribution is -2.43. The van der Waals surface area contributed by atoms with Crippen LogP contribution in [0.2, 0.25) is 0 Å². The molecule has 0 atom stereocenters. The van der Waals surface area contributed by atoms with Crippen LogP contribution in [0.4, 0.5) is 5.69 Å². The van der Waals surface area contributed by atoms with E-state index in [9.17, 15) is 0 Å². The third-order valence-electron chi connectivity index (χ3n) is 5.24. The molecular formula is C21H26N2OS. The number of anilines is 1. The molecule has 0 radical (unpaired) electrons. The molecule has 0 unspecified atom stereocenters. The number of aryl methyl sites for hydroxylation is 1. The maximum Gasteiger partial charge on any atom is 0.119 e. The second-order valence-electron chi connectivity index (χ2n) is 6.85. The van der Waals surface area contributed by atoms with Gasteiger partial charge in [-0.05, 0) is 73.8 Å². The molecule has 1 N–H and O–H groups in total. The minimum absolute atomic E-state index is 0.597. The van der Waals surface area contributed by atoms with Crippen LogP contribution in [0.15, 0.2) is 47.4 Å². The van der Waals surface area contributed by atoms with Gasteiger partial charge in [0.25, 0.3) is 0 Å². The second kappa shape index (κ2) is 7.71. The third-order valence-corrected chi connectivity index (χ3v) is 6.36. The average Bonchev–Trinajstić information content (AvgIpc) is 3.15. The Balaban J connectivity index is 1.63. The smallest absolute Gasteiger partial charge is 0.119 e. The number of hydrogen-bond donors (Lipinski definition) is 1. The van der Waals surface area contributed by atoms with Gasteiger partial charge in [-0.15, -0.1) is 11.8 Å². The molecule has 1 fully saturated rings. The van der Waals surface area contributed by atoms with Crippen molar-refractivity contribution in [3.05, 3.63) is 53.6 Å². The van der Waals surface area contributed by atoms with E-state index >= 15 is 0 Å². The molecular weight excluding hydrogens is 328 g/mol. The fourth-order valence-corrected chi connectivity index (χ4v) is 4.92. The Morgan fingerprint density at radius 3 is 2.88 bits per heavy atom. The largest absolute Gasteiger partial charge is 0.497 e. The first-order valence-electron chi connectivity index (χ1n) is 9.19. The molecule has 0 aliphatic carbocycles. The van der Waals surface area contributed by atoms with E-state index in [4.69, 9.17) is 4.74 Å². The SMILES string of the molecule is COc1cccc(CN(c2ccc3c(c2)CCS3)C2CCNCC2)c1. The van der Waals surface area contributed by atoms with Crippen LogP contribution in [-0.4, -0.2) is 32.0 Å². The van der Waals surface area contributed by atoms with Crippen LogP contribution in [-0.2, 0) is 13.0 Å². The monoisotopic (exact) mass is 354 g/mol. The molecule has 4 heteroatoms. The number of thioether (sulfide) groups is 1. The van der Waals surface area contributed by atoms with Gasteiger partial charge in [-0.25, -0.2) is 0 Å². The second-order valence-corrected chi connectivity index (χ2v) is 7.99. The van der Waals surface area contributed by atoms with Crippen molar-refractivity contribution in [2.45, 2.75) is 36.7 Å². The summed E-state index contributed by atoms with van der Waals surface area (Å²) in [7, 11) is 1.74. The quantitative estimate of drug-likeness (QED) is 0.874. The summed E-state index contributed by atoms with van der Waals surface area (Å²) in [4.78, 5) is 4.08. The van der Waals surface area contributed by atoms with Gasteiger partial charge in [0.1, 0.15) is 5.75 Å². The summed E-state index contributed by atoms with van der Waals surface area (Å²) in [5.41, 5.74) is 4.20. The van der Waals surface area contributed by atoms with Crippen LogP contribution in [0.25, 0.3) is 0 Å². The zero-order chi connectivity index (χ0) is 17.1. The average molecular weight is 355 g/mol. The van der Waals surface area contributed by atoms with Gasteiger partial charge in [-0.3, -0.25) is 0 Å². The number of nitrogens with zero attached hydrogens (tertiary/aromatic N) is 1. The molecule has 132 valence electrons. The number of nitrogens with one attached hydrogen (secondary N) is 1. The molecule has 1 saturated heterocycles. The molecule has 25 heavy (non-hydrogen) atoms. The number of benzene rings is 2. The molecule has 2 aromatic rings.